The Morgan fingerprint density at radius 3 is 2.86 bits per heavy atom. The molecule has 1 saturated heterocycles. The van der Waals surface area contributed by atoms with Crippen LogP contribution in [0.1, 0.15) is 25.3 Å². The average Bonchev–Trinajstić information content (AvgIpc) is 2.52. The van der Waals surface area contributed by atoms with E-state index in [1.165, 1.54) is 0 Å². The minimum absolute atomic E-state index is 0.0550. The lowest BCUT2D eigenvalue weighted by Gasteiger charge is -2.27. The Morgan fingerprint density at radius 2 is 2.19 bits per heavy atom. The second kappa shape index (κ2) is 7.31. The third-order valence-electron chi connectivity index (χ3n) is 3.93. The molecule has 0 radical (unpaired) electrons. The Bertz CT molecular complexity index is 490. The van der Waals surface area contributed by atoms with Gasteiger partial charge in [0.1, 0.15) is 11.5 Å². The monoisotopic (exact) mass is 292 g/mol. The zero-order valence-electron chi connectivity index (χ0n) is 12.9. The standard InChI is InChI=1S/C16H24N2O3/c1-11-6-7-17-14(8-11)16(19)18-10-12-4-5-13(20-2)9-15(12)21-3/h4-5,9,11,14,17H,6-8,10H2,1-3H3,(H,18,19). The Morgan fingerprint density at radius 1 is 1.38 bits per heavy atom. The van der Waals surface area contributed by atoms with Gasteiger partial charge in [-0.05, 0) is 37.4 Å². The Labute approximate surface area is 126 Å². The van der Waals surface area contributed by atoms with Crippen LogP contribution in [0.25, 0.3) is 0 Å². The summed E-state index contributed by atoms with van der Waals surface area (Å²) in [5.74, 6) is 2.11. The van der Waals surface area contributed by atoms with E-state index >= 15 is 0 Å². The van der Waals surface area contributed by atoms with Gasteiger partial charge >= 0.3 is 0 Å². The summed E-state index contributed by atoms with van der Waals surface area (Å²) in [5, 5.41) is 6.25. The normalized spacial score (nSPS) is 21.7. The van der Waals surface area contributed by atoms with Gasteiger partial charge in [-0.15, -0.1) is 0 Å². The molecule has 1 aromatic carbocycles. The van der Waals surface area contributed by atoms with Crippen LogP contribution in [0.5, 0.6) is 11.5 Å². The molecule has 116 valence electrons. The maximum absolute atomic E-state index is 12.2. The van der Waals surface area contributed by atoms with Crippen LogP contribution in [-0.2, 0) is 11.3 Å². The number of nitrogens with one attached hydrogen (secondary N) is 2. The topological polar surface area (TPSA) is 59.6 Å². The first-order valence-electron chi connectivity index (χ1n) is 7.36. The average molecular weight is 292 g/mol. The number of hydrogen-bond donors (Lipinski definition) is 2. The molecule has 1 heterocycles. The fraction of sp³-hybridized carbons (Fsp3) is 0.562. The first-order valence-corrected chi connectivity index (χ1v) is 7.36. The van der Waals surface area contributed by atoms with Crippen LogP contribution in [-0.4, -0.2) is 32.7 Å². The fourth-order valence-electron chi connectivity index (χ4n) is 2.61. The number of carbonyl (C=O) groups is 1. The van der Waals surface area contributed by atoms with E-state index in [1.54, 1.807) is 14.2 Å². The highest BCUT2D eigenvalue weighted by atomic mass is 16.5. The van der Waals surface area contributed by atoms with Crippen LogP contribution >= 0.6 is 0 Å². The number of amides is 1. The molecule has 1 fully saturated rings. The first-order chi connectivity index (χ1) is 10.1. The largest absolute Gasteiger partial charge is 0.497 e. The Hall–Kier alpha value is -1.75. The molecule has 2 N–H and O–H groups in total. The van der Waals surface area contributed by atoms with E-state index < -0.39 is 0 Å². The van der Waals surface area contributed by atoms with E-state index in [0.717, 1.165) is 36.4 Å². The molecular formula is C16H24N2O3. The maximum Gasteiger partial charge on any atom is 0.237 e. The number of ether oxygens (including phenoxy) is 2. The summed E-state index contributed by atoms with van der Waals surface area (Å²) < 4.78 is 10.5. The Balaban J connectivity index is 1.94. The lowest BCUT2D eigenvalue weighted by molar-refractivity contribution is -0.124. The van der Waals surface area contributed by atoms with Crippen molar-refractivity contribution in [1.29, 1.82) is 0 Å². The molecule has 1 amide bonds. The molecular weight excluding hydrogens is 268 g/mol. The van der Waals surface area contributed by atoms with Gasteiger partial charge in [0.15, 0.2) is 0 Å². The minimum Gasteiger partial charge on any atom is -0.497 e. The highest BCUT2D eigenvalue weighted by molar-refractivity contribution is 5.81. The zero-order chi connectivity index (χ0) is 15.2. The molecule has 21 heavy (non-hydrogen) atoms. The molecule has 0 spiro atoms. The van der Waals surface area contributed by atoms with Crippen LogP contribution in [0, 0.1) is 5.92 Å². The summed E-state index contributed by atoms with van der Waals surface area (Å²) in [6.45, 7) is 3.55. The molecule has 5 heteroatoms. The number of hydrogen-bond acceptors (Lipinski definition) is 4. The van der Waals surface area contributed by atoms with Gasteiger partial charge in [0.25, 0.3) is 0 Å². The predicted octanol–water partition coefficient (Wildman–Crippen LogP) is 1.71. The summed E-state index contributed by atoms with van der Waals surface area (Å²) in [6, 6.07) is 5.51. The van der Waals surface area contributed by atoms with Crippen LogP contribution in [0.2, 0.25) is 0 Å². The van der Waals surface area contributed by atoms with E-state index in [0.29, 0.717) is 12.5 Å². The summed E-state index contributed by atoms with van der Waals surface area (Å²) in [5.41, 5.74) is 0.940. The van der Waals surface area contributed by atoms with E-state index in [4.69, 9.17) is 9.47 Å². The van der Waals surface area contributed by atoms with Gasteiger partial charge in [-0.1, -0.05) is 6.92 Å². The number of piperidine rings is 1. The summed E-state index contributed by atoms with van der Waals surface area (Å²) >= 11 is 0. The highest BCUT2D eigenvalue weighted by Gasteiger charge is 2.24. The SMILES string of the molecule is COc1ccc(CNC(=O)C2CC(C)CCN2)c(OC)c1. The van der Waals surface area contributed by atoms with Crippen LogP contribution in [0.3, 0.4) is 0 Å². The third-order valence-corrected chi connectivity index (χ3v) is 3.93. The van der Waals surface area contributed by atoms with E-state index in [-0.39, 0.29) is 11.9 Å². The van der Waals surface area contributed by atoms with Crippen molar-refractivity contribution >= 4 is 5.91 Å². The van der Waals surface area contributed by atoms with Crippen molar-refractivity contribution in [3.8, 4) is 11.5 Å². The van der Waals surface area contributed by atoms with Crippen LogP contribution < -0.4 is 20.1 Å². The quantitative estimate of drug-likeness (QED) is 0.867. The number of methoxy groups -OCH3 is 2. The smallest absolute Gasteiger partial charge is 0.237 e. The predicted molar refractivity (Wildman–Crippen MR) is 81.6 cm³/mol. The minimum atomic E-state index is -0.0852. The molecule has 0 saturated carbocycles. The van der Waals surface area contributed by atoms with Gasteiger partial charge < -0.3 is 20.1 Å². The summed E-state index contributed by atoms with van der Waals surface area (Å²) in [4.78, 5) is 12.2. The molecule has 1 aliphatic rings. The number of benzene rings is 1. The van der Waals surface area contributed by atoms with Gasteiger partial charge in [-0.25, -0.2) is 0 Å². The molecule has 5 nitrogen and oxygen atoms in total. The molecule has 0 aromatic heterocycles. The molecule has 0 bridgehead atoms. The summed E-state index contributed by atoms with van der Waals surface area (Å²) in [7, 11) is 3.23. The van der Waals surface area contributed by atoms with Crippen molar-refractivity contribution in [1.82, 2.24) is 10.6 Å². The van der Waals surface area contributed by atoms with Gasteiger partial charge in [0, 0.05) is 18.2 Å². The van der Waals surface area contributed by atoms with Gasteiger partial charge in [0.2, 0.25) is 5.91 Å². The lowest BCUT2D eigenvalue weighted by atomic mass is 9.94. The van der Waals surface area contributed by atoms with Crippen LogP contribution in [0.4, 0.5) is 0 Å². The van der Waals surface area contributed by atoms with Crippen molar-refractivity contribution in [2.45, 2.75) is 32.4 Å². The second-order valence-corrected chi connectivity index (χ2v) is 5.53. The van der Waals surface area contributed by atoms with E-state index in [2.05, 4.69) is 17.6 Å². The highest BCUT2D eigenvalue weighted by Crippen LogP contribution is 2.24. The molecule has 0 aliphatic carbocycles. The van der Waals surface area contributed by atoms with Crippen molar-refractivity contribution in [2.24, 2.45) is 5.92 Å². The first kappa shape index (κ1) is 15.6. The van der Waals surface area contributed by atoms with Crippen molar-refractivity contribution in [3.05, 3.63) is 23.8 Å². The maximum atomic E-state index is 12.2. The number of rotatable bonds is 5. The third kappa shape index (κ3) is 4.11. The number of carbonyl (C=O) groups excluding carboxylic acids is 1. The molecule has 1 aromatic rings. The van der Waals surface area contributed by atoms with Crippen molar-refractivity contribution in [2.75, 3.05) is 20.8 Å². The van der Waals surface area contributed by atoms with Gasteiger partial charge in [0.05, 0.1) is 20.3 Å². The molecule has 1 aliphatic heterocycles. The molecule has 2 rings (SSSR count). The van der Waals surface area contributed by atoms with E-state index in [1.807, 2.05) is 18.2 Å². The van der Waals surface area contributed by atoms with Crippen LogP contribution in [0.15, 0.2) is 18.2 Å². The van der Waals surface area contributed by atoms with Crippen molar-refractivity contribution < 1.29 is 14.3 Å². The van der Waals surface area contributed by atoms with Gasteiger partial charge in [-0.3, -0.25) is 4.79 Å². The molecule has 2 unspecified atom stereocenters. The molecule has 2 atom stereocenters. The lowest BCUT2D eigenvalue weighted by Crippen LogP contribution is -2.48. The summed E-state index contributed by atoms with van der Waals surface area (Å²) in [6.07, 6.45) is 2.03. The van der Waals surface area contributed by atoms with Gasteiger partial charge in [-0.2, -0.15) is 0 Å². The second-order valence-electron chi connectivity index (χ2n) is 5.53. The fourth-order valence-corrected chi connectivity index (χ4v) is 2.61. The van der Waals surface area contributed by atoms with E-state index in [9.17, 15) is 4.79 Å². The zero-order valence-corrected chi connectivity index (χ0v) is 12.9. The van der Waals surface area contributed by atoms with Crippen molar-refractivity contribution in [3.63, 3.8) is 0 Å². The Kier molecular flexibility index (Phi) is 5.44.